The molecule has 24 heavy (non-hydrogen) atoms. The summed E-state index contributed by atoms with van der Waals surface area (Å²) in [6.07, 6.45) is 11.2. The van der Waals surface area contributed by atoms with E-state index in [1.807, 2.05) is 0 Å². The molecule has 1 heterocycles. The molecule has 0 radical (unpaired) electrons. The molecule has 5 nitrogen and oxygen atoms in total. The third kappa shape index (κ3) is 8.77. The van der Waals surface area contributed by atoms with Gasteiger partial charge in [0.15, 0.2) is 0 Å². The molecule has 0 aromatic carbocycles. The first kappa shape index (κ1) is 21.8. The summed E-state index contributed by atoms with van der Waals surface area (Å²) in [5, 5.41) is 28.4. The number of hydrogen-bond acceptors (Lipinski definition) is 5. The summed E-state index contributed by atoms with van der Waals surface area (Å²) in [5.74, 6) is 0. The van der Waals surface area contributed by atoms with E-state index in [2.05, 4.69) is 6.92 Å². The molecule has 0 aliphatic carbocycles. The Morgan fingerprint density at radius 1 is 0.958 bits per heavy atom. The lowest BCUT2D eigenvalue weighted by atomic mass is 10.1. The second-order valence-electron chi connectivity index (χ2n) is 6.98. The van der Waals surface area contributed by atoms with Crippen molar-refractivity contribution in [3.05, 3.63) is 0 Å². The van der Waals surface area contributed by atoms with Crippen LogP contribution in [0.25, 0.3) is 0 Å². The van der Waals surface area contributed by atoms with Gasteiger partial charge < -0.3 is 24.8 Å². The second kappa shape index (κ2) is 14.0. The molecule has 0 unspecified atom stereocenters. The van der Waals surface area contributed by atoms with Gasteiger partial charge in [0.25, 0.3) is 0 Å². The molecule has 1 aliphatic rings. The van der Waals surface area contributed by atoms with Gasteiger partial charge in [0, 0.05) is 6.61 Å². The lowest BCUT2D eigenvalue weighted by Gasteiger charge is -2.20. The first-order valence-corrected chi connectivity index (χ1v) is 9.90. The molecule has 4 atom stereocenters. The van der Waals surface area contributed by atoms with Crippen LogP contribution in [0.5, 0.6) is 0 Å². The number of unbranched alkanes of at least 4 members (excludes halogenated alkanes) is 10. The van der Waals surface area contributed by atoms with E-state index in [1.165, 1.54) is 57.8 Å². The van der Waals surface area contributed by atoms with E-state index >= 15 is 0 Å². The number of aliphatic hydroxyl groups excluding tert-OH is 3. The molecule has 1 fully saturated rings. The summed E-state index contributed by atoms with van der Waals surface area (Å²) >= 11 is 0. The van der Waals surface area contributed by atoms with Gasteiger partial charge in [-0.3, -0.25) is 0 Å². The lowest BCUT2D eigenvalue weighted by molar-refractivity contribution is -0.0730. The molecule has 0 saturated carbocycles. The highest BCUT2D eigenvalue weighted by Gasteiger charge is 2.40. The van der Waals surface area contributed by atoms with Gasteiger partial charge in [0.2, 0.25) is 0 Å². The SMILES string of the molecule is CCCCCCCCCCCCCO[C@H]1CO[C@@H]([C@H](O)CO)[C@H]1O. The summed E-state index contributed by atoms with van der Waals surface area (Å²) in [6.45, 7) is 2.74. The molecule has 1 saturated heterocycles. The zero-order chi connectivity index (χ0) is 17.6. The van der Waals surface area contributed by atoms with Crippen molar-refractivity contribution in [2.24, 2.45) is 0 Å². The van der Waals surface area contributed by atoms with Crippen molar-refractivity contribution in [1.29, 1.82) is 0 Å². The van der Waals surface area contributed by atoms with Crippen molar-refractivity contribution in [2.45, 2.75) is 102 Å². The van der Waals surface area contributed by atoms with E-state index < -0.39 is 24.9 Å². The Labute approximate surface area is 147 Å². The lowest BCUT2D eigenvalue weighted by Crippen LogP contribution is -2.41. The summed E-state index contributed by atoms with van der Waals surface area (Å²) in [6, 6.07) is 0. The predicted molar refractivity (Wildman–Crippen MR) is 95.0 cm³/mol. The maximum Gasteiger partial charge on any atom is 0.114 e. The number of hydrogen-bond donors (Lipinski definition) is 3. The molecular weight excluding hydrogens is 308 g/mol. The largest absolute Gasteiger partial charge is 0.394 e. The topological polar surface area (TPSA) is 79.2 Å². The average molecular weight is 347 g/mol. The van der Waals surface area contributed by atoms with Crippen LogP contribution in [0.1, 0.15) is 77.6 Å². The van der Waals surface area contributed by atoms with Crippen LogP contribution in [-0.2, 0) is 9.47 Å². The van der Waals surface area contributed by atoms with E-state index in [0.717, 1.165) is 12.8 Å². The Balaban J connectivity index is 1.89. The van der Waals surface area contributed by atoms with E-state index in [4.69, 9.17) is 14.6 Å². The van der Waals surface area contributed by atoms with Crippen LogP contribution >= 0.6 is 0 Å². The van der Waals surface area contributed by atoms with Gasteiger partial charge in [-0.05, 0) is 6.42 Å². The van der Waals surface area contributed by atoms with Crippen LogP contribution in [0, 0.1) is 0 Å². The Bertz CT molecular complexity index is 287. The zero-order valence-electron chi connectivity index (χ0n) is 15.4. The molecule has 0 bridgehead atoms. The molecule has 1 rings (SSSR count). The molecule has 3 N–H and O–H groups in total. The van der Waals surface area contributed by atoms with E-state index in [9.17, 15) is 10.2 Å². The fourth-order valence-electron chi connectivity index (χ4n) is 3.20. The van der Waals surface area contributed by atoms with Gasteiger partial charge >= 0.3 is 0 Å². The molecule has 1 aliphatic heterocycles. The highest BCUT2D eigenvalue weighted by atomic mass is 16.6. The fraction of sp³-hybridized carbons (Fsp3) is 1.00. The van der Waals surface area contributed by atoms with Crippen molar-refractivity contribution in [3.63, 3.8) is 0 Å². The summed E-state index contributed by atoms with van der Waals surface area (Å²) in [4.78, 5) is 0. The first-order valence-electron chi connectivity index (χ1n) is 9.90. The fourth-order valence-corrected chi connectivity index (χ4v) is 3.20. The van der Waals surface area contributed by atoms with E-state index in [0.29, 0.717) is 6.61 Å². The molecule has 0 aromatic rings. The van der Waals surface area contributed by atoms with Gasteiger partial charge in [0.05, 0.1) is 13.2 Å². The van der Waals surface area contributed by atoms with Gasteiger partial charge in [-0.1, -0.05) is 71.1 Å². The maximum absolute atomic E-state index is 10.0. The number of rotatable bonds is 15. The van der Waals surface area contributed by atoms with Crippen LogP contribution in [0.15, 0.2) is 0 Å². The highest BCUT2D eigenvalue weighted by molar-refractivity contribution is 4.88. The summed E-state index contributed by atoms with van der Waals surface area (Å²) < 4.78 is 11.0. The van der Waals surface area contributed by atoms with Gasteiger partial charge in [0.1, 0.15) is 24.4 Å². The predicted octanol–water partition coefficient (Wildman–Crippen LogP) is 2.80. The minimum absolute atomic E-state index is 0.279. The zero-order valence-corrected chi connectivity index (χ0v) is 15.4. The van der Waals surface area contributed by atoms with Crippen molar-refractivity contribution < 1.29 is 24.8 Å². The van der Waals surface area contributed by atoms with Crippen LogP contribution in [0.3, 0.4) is 0 Å². The summed E-state index contributed by atoms with van der Waals surface area (Å²) in [5.41, 5.74) is 0. The van der Waals surface area contributed by atoms with Crippen LogP contribution in [0.4, 0.5) is 0 Å². The third-order valence-electron chi connectivity index (χ3n) is 4.82. The van der Waals surface area contributed by atoms with E-state index in [1.54, 1.807) is 0 Å². The Morgan fingerprint density at radius 3 is 2.04 bits per heavy atom. The van der Waals surface area contributed by atoms with Crippen molar-refractivity contribution in [2.75, 3.05) is 19.8 Å². The third-order valence-corrected chi connectivity index (χ3v) is 4.82. The van der Waals surface area contributed by atoms with Crippen LogP contribution in [-0.4, -0.2) is 59.6 Å². The molecule has 0 spiro atoms. The summed E-state index contributed by atoms with van der Waals surface area (Å²) in [7, 11) is 0. The van der Waals surface area contributed by atoms with Crippen molar-refractivity contribution in [1.82, 2.24) is 0 Å². The molecule has 0 amide bonds. The molecule has 0 aromatic heterocycles. The minimum atomic E-state index is -1.05. The smallest absolute Gasteiger partial charge is 0.114 e. The van der Waals surface area contributed by atoms with Crippen LogP contribution in [0.2, 0.25) is 0 Å². The second-order valence-corrected chi connectivity index (χ2v) is 6.98. The molecule has 5 heteroatoms. The maximum atomic E-state index is 10.0. The van der Waals surface area contributed by atoms with Crippen molar-refractivity contribution >= 4 is 0 Å². The first-order chi connectivity index (χ1) is 11.7. The number of ether oxygens (including phenoxy) is 2. The van der Waals surface area contributed by atoms with Gasteiger partial charge in [-0.15, -0.1) is 0 Å². The molecular formula is C19H38O5. The van der Waals surface area contributed by atoms with E-state index in [-0.39, 0.29) is 12.7 Å². The average Bonchev–Trinajstić information content (AvgIpc) is 2.96. The van der Waals surface area contributed by atoms with Gasteiger partial charge in [-0.25, -0.2) is 0 Å². The monoisotopic (exact) mass is 346 g/mol. The number of aliphatic hydroxyl groups is 3. The quantitative estimate of drug-likeness (QED) is 0.397. The standard InChI is InChI=1S/C19H38O5/c1-2-3-4-5-6-7-8-9-10-11-12-13-23-17-15-24-19(18(17)22)16(21)14-20/h16-22H,2-15H2,1H3/t16-,17+,18+,19+/m1/s1. The highest BCUT2D eigenvalue weighted by Crippen LogP contribution is 2.20. The Morgan fingerprint density at radius 2 is 1.50 bits per heavy atom. The normalized spacial score (nSPS) is 25.2. The van der Waals surface area contributed by atoms with Crippen molar-refractivity contribution in [3.8, 4) is 0 Å². The van der Waals surface area contributed by atoms with Gasteiger partial charge in [-0.2, -0.15) is 0 Å². The Kier molecular flexibility index (Phi) is 12.8. The Hall–Kier alpha value is -0.200. The molecule has 144 valence electrons. The van der Waals surface area contributed by atoms with Crippen LogP contribution < -0.4 is 0 Å². The minimum Gasteiger partial charge on any atom is -0.394 e.